The van der Waals surface area contributed by atoms with Gasteiger partial charge in [-0.1, -0.05) is 25.1 Å². The van der Waals surface area contributed by atoms with Crippen LogP contribution in [-0.4, -0.2) is 24.5 Å². The molecule has 0 aliphatic rings. The van der Waals surface area contributed by atoms with E-state index in [4.69, 9.17) is 4.74 Å². The lowest BCUT2D eigenvalue weighted by molar-refractivity contribution is -0.121. The fraction of sp³-hybridized carbons (Fsp3) is 0.368. The summed E-state index contributed by atoms with van der Waals surface area (Å²) in [5, 5.41) is 2.98. The molecule has 1 atom stereocenters. The van der Waals surface area contributed by atoms with E-state index in [1.165, 1.54) is 0 Å². The number of aromatic nitrogens is 1. The highest BCUT2D eigenvalue weighted by Gasteiger charge is 2.11. The topological polar surface area (TPSA) is 51.2 Å². The Labute approximate surface area is 137 Å². The highest BCUT2D eigenvalue weighted by Crippen LogP contribution is 2.22. The van der Waals surface area contributed by atoms with Crippen molar-refractivity contribution >= 4 is 5.91 Å². The first-order valence-electron chi connectivity index (χ1n) is 7.90. The summed E-state index contributed by atoms with van der Waals surface area (Å²) in [6.07, 6.45) is 3.13. The zero-order valence-corrected chi connectivity index (χ0v) is 14.0. The van der Waals surface area contributed by atoms with Crippen molar-refractivity contribution < 1.29 is 9.53 Å². The average Bonchev–Trinajstić information content (AvgIpc) is 2.56. The number of ether oxygens (including phenoxy) is 1. The molecule has 4 heteroatoms. The maximum absolute atomic E-state index is 12.1. The van der Waals surface area contributed by atoms with Gasteiger partial charge in [-0.25, -0.2) is 0 Å². The van der Waals surface area contributed by atoms with Crippen LogP contribution < -0.4 is 10.1 Å². The average molecular weight is 312 g/mol. The van der Waals surface area contributed by atoms with Gasteiger partial charge in [-0.3, -0.25) is 9.78 Å². The number of aryl methyl sites for hydroxylation is 1. The second-order valence-electron chi connectivity index (χ2n) is 5.79. The maximum atomic E-state index is 12.1. The molecule has 0 saturated carbocycles. The fourth-order valence-corrected chi connectivity index (χ4v) is 2.41. The van der Waals surface area contributed by atoms with E-state index in [0.29, 0.717) is 13.0 Å². The predicted molar refractivity (Wildman–Crippen MR) is 91.7 cm³/mol. The lowest BCUT2D eigenvalue weighted by atomic mass is 9.97. The minimum absolute atomic E-state index is 0.0698. The van der Waals surface area contributed by atoms with Crippen molar-refractivity contribution in [3.63, 3.8) is 0 Å². The standard InChI is InChI=1S/C19H24N2O2/c1-14(17-5-4-6-18(12-17)23-3)11-19(22)20-10-9-16-8-7-15(2)21-13-16/h4-8,12-14H,9-11H2,1-3H3,(H,20,22)/t14-/m1/s1. The molecule has 1 amide bonds. The number of amides is 1. The van der Waals surface area contributed by atoms with Crippen LogP contribution in [-0.2, 0) is 11.2 Å². The molecule has 2 rings (SSSR count). The van der Waals surface area contributed by atoms with Crippen molar-refractivity contribution in [3.8, 4) is 5.75 Å². The number of methoxy groups -OCH3 is 1. The van der Waals surface area contributed by atoms with Gasteiger partial charge in [0.25, 0.3) is 0 Å². The van der Waals surface area contributed by atoms with Gasteiger partial charge in [0, 0.05) is 24.9 Å². The summed E-state index contributed by atoms with van der Waals surface area (Å²) in [7, 11) is 1.65. The van der Waals surface area contributed by atoms with Gasteiger partial charge in [0.15, 0.2) is 0 Å². The number of pyridine rings is 1. The summed E-state index contributed by atoms with van der Waals surface area (Å²) >= 11 is 0. The molecule has 0 aliphatic carbocycles. The summed E-state index contributed by atoms with van der Waals surface area (Å²) in [5.74, 6) is 1.05. The van der Waals surface area contributed by atoms with E-state index in [9.17, 15) is 4.79 Å². The first-order chi connectivity index (χ1) is 11.1. The second kappa shape index (κ2) is 8.32. The smallest absolute Gasteiger partial charge is 0.220 e. The fourth-order valence-electron chi connectivity index (χ4n) is 2.41. The molecule has 1 aromatic heterocycles. The Morgan fingerprint density at radius 2 is 2.13 bits per heavy atom. The molecular weight excluding hydrogens is 288 g/mol. The molecule has 4 nitrogen and oxygen atoms in total. The number of hydrogen-bond acceptors (Lipinski definition) is 3. The van der Waals surface area contributed by atoms with Crippen molar-refractivity contribution in [2.75, 3.05) is 13.7 Å². The van der Waals surface area contributed by atoms with Crippen molar-refractivity contribution in [2.45, 2.75) is 32.6 Å². The van der Waals surface area contributed by atoms with Gasteiger partial charge in [-0.2, -0.15) is 0 Å². The number of benzene rings is 1. The Balaban J connectivity index is 1.78. The lowest BCUT2D eigenvalue weighted by Crippen LogP contribution is -2.26. The molecule has 1 N–H and O–H groups in total. The van der Waals surface area contributed by atoms with E-state index in [0.717, 1.165) is 29.0 Å². The molecule has 0 radical (unpaired) electrons. The van der Waals surface area contributed by atoms with Gasteiger partial charge < -0.3 is 10.1 Å². The number of nitrogens with one attached hydrogen (secondary N) is 1. The third-order valence-electron chi connectivity index (χ3n) is 3.86. The molecule has 0 fully saturated rings. The Hall–Kier alpha value is -2.36. The Morgan fingerprint density at radius 3 is 2.83 bits per heavy atom. The Morgan fingerprint density at radius 1 is 1.30 bits per heavy atom. The summed E-state index contributed by atoms with van der Waals surface area (Å²) in [5.41, 5.74) is 3.25. The van der Waals surface area contributed by atoms with Crippen LogP contribution in [0.15, 0.2) is 42.6 Å². The molecule has 0 bridgehead atoms. The van der Waals surface area contributed by atoms with Crippen molar-refractivity contribution in [1.29, 1.82) is 0 Å². The summed E-state index contributed by atoms with van der Waals surface area (Å²) in [6, 6.07) is 11.9. The van der Waals surface area contributed by atoms with Crippen LogP contribution in [0.3, 0.4) is 0 Å². The first-order valence-corrected chi connectivity index (χ1v) is 7.90. The number of carbonyl (C=O) groups is 1. The molecule has 122 valence electrons. The zero-order chi connectivity index (χ0) is 16.7. The highest BCUT2D eigenvalue weighted by atomic mass is 16.5. The zero-order valence-electron chi connectivity index (χ0n) is 14.0. The Kier molecular flexibility index (Phi) is 6.15. The summed E-state index contributed by atoms with van der Waals surface area (Å²) in [6.45, 7) is 4.65. The minimum Gasteiger partial charge on any atom is -0.497 e. The van der Waals surface area contributed by atoms with Crippen molar-refractivity contribution in [1.82, 2.24) is 10.3 Å². The highest BCUT2D eigenvalue weighted by molar-refractivity contribution is 5.76. The molecule has 1 heterocycles. The van der Waals surface area contributed by atoms with E-state index in [-0.39, 0.29) is 11.8 Å². The van der Waals surface area contributed by atoms with Crippen molar-refractivity contribution in [3.05, 3.63) is 59.4 Å². The maximum Gasteiger partial charge on any atom is 0.220 e. The van der Waals surface area contributed by atoms with Gasteiger partial charge in [0.05, 0.1) is 7.11 Å². The monoisotopic (exact) mass is 312 g/mol. The van der Waals surface area contributed by atoms with Crippen LogP contribution >= 0.6 is 0 Å². The number of carbonyl (C=O) groups excluding carboxylic acids is 1. The lowest BCUT2D eigenvalue weighted by Gasteiger charge is -2.13. The van der Waals surface area contributed by atoms with Gasteiger partial charge in [0.2, 0.25) is 5.91 Å². The van der Waals surface area contributed by atoms with E-state index < -0.39 is 0 Å². The molecule has 0 unspecified atom stereocenters. The molecular formula is C19H24N2O2. The largest absolute Gasteiger partial charge is 0.497 e. The van der Waals surface area contributed by atoms with Crippen molar-refractivity contribution in [2.24, 2.45) is 0 Å². The van der Waals surface area contributed by atoms with Crippen LogP contribution in [0.4, 0.5) is 0 Å². The van der Waals surface area contributed by atoms with Gasteiger partial charge in [-0.15, -0.1) is 0 Å². The van der Waals surface area contributed by atoms with Gasteiger partial charge in [0.1, 0.15) is 5.75 Å². The molecule has 23 heavy (non-hydrogen) atoms. The van der Waals surface area contributed by atoms with Crippen LogP contribution in [0.5, 0.6) is 5.75 Å². The van der Waals surface area contributed by atoms with E-state index in [1.807, 2.05) is 49.5 Å². The quantitative estimate of drug-likeness (QED) is 0.854. The van der Waals surface area contributed by atoms with Crippen LogP contribution in [0, 0.1) is 6.92 Å². The Bertz CT molecular complexity index is 638. The van der Waals surface area contributed by atoms with E-state index in [1.54, 1.807) is 7.11 Å². The molecule has 0 spiro atoms. The number of nitrogens with zero attached hydrogens (tertiary/aromatic N) is 1. The minimum atomic E-state index is 0.0698. The van der Waals surface area contributed by atoms with Crippen LogP contribution in [0.25, 0.3) is 0 Å². The third-order valence-corrected chi connectivity index (χ3v) is 3.86. The number of hydrogen-bond donors (Lipinski definition) is 1. The predicted octanol–water partition coefficient (Wildman–Crippen LogP) is 3.25. The normalized spacial score (nSPS) is 11.8. The molecule has 0 saturated heterocycles. The van der Waals surface area contributed by atoms with Crippen LogP contribution in [0.1, 0.15) is 36.1 Å². The summed E-state index contributed by atoms with van der Waals surface area (Å²) in [4.78, 5) is 16.3. The molecule has 0 aliphatic heterocycles. The molecule has 1 aromatic carbocycles. The first kappa shape index (κ1) is 17.0. The van der Waals surface area contributed by atoms with E-state index >= 15 is 0 Å². The van der Waals surface area contributed by atoms with E-state index in [2.05, 4.69) is 17.2 Å². The van der Waals surface area contributed by atoms with Gasteiger partial charge >= 0.3 is 0 Å². The summed E-state index contributed by atoms with van der Waals surface area (Å²) < 4.78 is 5.23. The second-order valence-corrected chi connectivity index (χ2v) is 5.79. The molecule has 2 aromatic rings. The number of rotatable bonds is 7. The SMILES string of the molecule is COc1cccc([C@H](C)CC(=O)NCCc2ccc(C)nc2)c1. The van der Waals surface area contributed by atoms with Gasteiger partial charge in [-0.05, 0) is 48.6 Å². The van der Waals surface area contributed by atoms with Crippen LogP contribution in [0.2, 0.25) is 0 Å². The third kappa shape index (κ3) is 5.40.